The SMILES string of the molecule is COc1cccc(NC(=O)NCCCC(C)CO)c1. The maximum atomic E-state index is 11.6. The van der Waals surface area contributed by atoms with Crippen LogP contribution in [-0.2, 0) is 0 Å². The van der Waals surface area contributed by atoms with Crippen molar-refractivity contribution in [3.63, 3.8) is 0 Å². The molecule has 19 heavy (non-hydrogen) atoms. The summed E-state index contributed by atoms with van der Waals surface area (Å²) in [6.45, 7) is 2.77. The van der Waals surface area contributed by atoms with E-state index in [4.69, 9.17) is 9.84 Å². The van der Waals surface area contributed by atoms with Crippen molar-refractivity contribution in [2.75, 3.05) is 25.6 Å². The van der Waals surface area contributed by atoms with Crippen molar-refractivity contribution in [1.29, 1.82) is 0 Å². The van der Waals surface area contributed by atoms with Crippen molar-refractivity contribution >= 4 is 11.7 Å². The van der Waals surface area contributed by atoms with Crippen LogP contribution in [-0.4, -0.2) is 31.4 Å². The maximum absolute atomic E-state index is 11.6. The van der Waals surface area contributed by atoms with E-state index in [0.717, 1.165) is 12.8 Å². The van der Waals surface area contributed by atoms with Gasteiger partial charge in [-0.05, 0) is 30.9 Å². The summed E-state index contributed by atoms with van der Waals surface area (Å²) in [6, 6.07) is 6.96. The Balaban J connectivity index is 2.27. The number of urea groups is 1. The molecule has 3 N–H and O–H groups in total. The van der Waals surface area contributed by atoms with E-state index in [0.29, 0.717) is 18.0 Å². The van der Waals surface area contributed by atoms with E-state index in [1.807, 2.05) is 19.1 Å². The van der Waals surface area contributed by atoms with Crippen molar-refractivity contribution in [1.82, 2.24) is 5.32 Å². The van der Waals surface area contributed by atoms with Crippen LogP contribution in [0.5, 0.6) is 5.75 Å². The van der Waals surface area contributed by atoms with Gasteiger partial charge in [-0.15, -0.1) is 0 Å². The van der Waals surface area contributed by atoms with Crippen LogP contribution >= 0.6 is 0 Å². The molecule has 0 saturated carbocycles. The molecule has 2 amide bonds. The lowest BCUT2D eigenvalue weighted by atomic mass is 10.1. The lowest BCUT2D eigenvalue weighted by Crippen LogP contribution is -2.29. The Morgan fingerprint density at radius 1 is 1.47 bits per heavy atom. The van der Waals surface area contributed by atoms with Crippen LogP contribution in [0.1, 0.15) is 19.8 Å². The number of carbonyl (C=O) groups excluding carboxylic acids is 1. The molecule has 1 atom stereocenters. The number of benzene rings is 1. The summed E-state index contributed by atoms with van der Waals surface area (Å²) < 4.78 is 5.08. The normalized spacial score (nSPS) is 11.7. The van der Waals surface area contributed by atoms with Crippen LogP contribution < -0.4 is 15.4 Å². The predicted molar refractivity (Wildman–Crippen MR) is 75.5 cm³/mol. The molecule has 0 saturated heterocycles. The average molecular weight is 266 g/mol. The van der Waals surface area contributed by atoms with Crippen LogP contribution in [0.4, 0.5) is 10.5 Å². The number of anilines is 1. The van der Waals surface area contributed by atoms with E-state index in [-0.39, 0.29) is 18.6 Å². The molecule has 0 aromatic heterocycles. The number of nitrogens with one attached hydrogen (secondary N) is 2. The molecular weight excluding hydrogens is 244 g/mol. The lowest BCUT2D eigenvalue weighted by Gasteiger charge is -2.10. The molecule has 0 aliphatic rings. The molecule has 0 aliphatic carbocycles. The van der Waals surface area contributed by atoms with Crippen LogP contribution in [0.25, 0.3) is 0 Å². The molecule has 106 valence electrons. The van der Waals surface area contributed by atoms with E-state index in [9.17, 15) is 4.79 Å². The first-order valence-electron chi connectivity index (χ1n) is 6.45. The van der Waals surface area contributed by atoms with E-state index in [2.05, 4.69) is 10.6 Å². The third-order valence-corrected chi connectivity index (χ3v) is 2.80. The third kappa shape index (κ3) is 6.10. The summed E-state index contributed by atoms with van der Waals surface area (Å²) >= 11 is 0. The highest BCUT2D eigenvalue weighted by atomic mass is 16.5. The predicted octanol–water partition coefficient (Wildman–Crippen LogP) is 2.23. The third-order valence-electron chi connectivity index (χ3n) is 2.80. The molecule has 0 heterocycles. The second-order valence-corrected chi connectivity index (χ2v) is 4.54. The number of aliphatic hydroxyl groups excluding tert-OH is 1. The summed E-state index contributed by atoms with van der Waals surface area (Å²) in [7, 11) is 1.58. The summed E-state index contributed by atoms with van der Waals surface area (Å²) in [6.07, 6.45) is 1.75. The van der Waals surface area contributed by atoms with Crippen LogP contribution in [0, 0.1) is 5.92 Å². The number of amides is 2. The van der Waals surface area contributed by atoms with Crippen molar-refractivity contribution in [3.8, 4) is 5.75 Å². The summed E-state index contributed by atoms with van der Waals surface area (Å²) in [5, 5.41) is 14.4. The number of rotatable bonds is 7. The average Bonchev–Trinajstić information content (AvgIpc) is 2.43. The van der Waals surface area contributed by atoms with Gasteiger partial charge in [0.2, 0.25) is 0 Å². The van der Waals surface area contributed by atoms with E-state index in [1.165, 1.54) is 0 Å². The molecule has 0 fully saturated rings. The number of carbonyl (C=O) groups is 1. The van der Waals surface area contributed by atoms with Crippen LogP contribution in [0.15, 0.2) is 24.3 Å². The summed E-state index contributed by atoms with van der Waals surface area (Å²) in [5.74, 6) is 0.984. The molecule has 1 unspecified atom stereocenters. The quantitative estimate of drug-likeness (QED) is 0.663. The molecule has 0 aliphatic heterocycles. The first-order chi connectivity index (χ1) is 9.15. The van der Waals surface area contributed by atoms with E-state index in [1.54, 1.807) is 19.2 Å². The zero-order valence-electron chi connectivity index (χ0n) is 11.5. The summed E-state index contributed by atoms with van der Waals surface area (Å²) in [4.78, 5) is 11.6. The van der Waals surface area contributed by atoms with Gasteiger partial charge in [0.25, 0.3) is 0 Å². The number of aliphatic hydroxyl groups is 1. The van der Waals surface area contributed by atoms with Gasteiger partial charge in [-0.25, -0.2) is 4.79 Å². The minimum atomic E-state index is -0.232. The second-order valence-electron chi connectivity index (χ2n) is 4.54. The Morgan fingerprint density at radius 2 is 2.26 bits per heavy atom. The van der Waals surface area contributed by atoms with Gasteiger partial charge < -0.3 is 20.5 Å². The first-order valence-corrected chi connectivity index (χ1v) is 6.45. The largest absolute Gasteiger partial charge is 0.497 e. The fourth-order valence-corrected chi connectivity index (χ4v) is 1.62. The van der Waals surface area contributed by atoms with Crippen molar-refractivity contribution in [2.24, 2.45) is 5.92 Å². The maximum Gasteiger partial charge on any atom is 0.319 e. The number of methoxy groups -OCH3 is 1. The topological polar surface area (TPSA) is 70.6 Å². The van der Waals surface area contributed by atoms with Crippen LogP contribution in [0.2, 0.25) is 0 Å². The van der Waals surface area contributed by atoms with Gasteiger partial charge in [0.15, 0.2) is 0 Å². The Morgan fingerprint density at radius 3 is 2.95 bits per heavy atom. The fraction of sp³-hybridized carbons (Fsp3) is 0.500. The van der Waals surface area contributed by atoms with Crippen LogP contribution in [0.3, 0.4) is 0 Å². The van der Waals surface area contributed by atoms with Crippen molar-refractivity contribution in [3.05, 3.63) is 24.3 Å². The molecule has 5 heteroatoms. The fourth-order valence-electron chi connectivity index (χ4n) is 1.62. The molecule has 0 spiro atoms. The smallest absolute Gasteiger partial charge is 0.319 e. The van der Waals surface area contributed by atoms with Gasteiger partial charge in [0.1, 0.15) is 5.75 Å². The Labute approximate surface area is 114 Å². The number of hydrogen-bond donors (Lipinski definition) is 3. The molecule has 1 aromatic rings. The minimum absolute atomic E-state index is 0.190. The Bertz CT molecular complexity index is 396. The van der Waals surface area contributed by atoms with Gasteiger partial charge in [-0.1, -0.05) is 13.0 Å². The van der Waals surface area contributed by atoms with Gasteiger partial charge in [0, 0.05) is 24.9 Å². The van der Waals surface area contributed by atoms with Gasteiger partial charge in [-0.3, -0.25) is 0 Å². The zero-order valence-corrected chi connectivity index (χ0v) is 11.5. The Hall–Kier alpha value is -1.75. The number of hydrogen-bond acceptors (Lipinski definition) is 3. The molecule has 5 nitrogen and oxygen atoms in total. The van der Waals surface area contributed by atoms with Gasteiger partial charge in [-0.2, -0.15) is 0 Å². The second kappa shape index (κ2) is 8.37. The Kier molecular flexibility index (Phi) is 6.74. The minimum Gasteiger partial charge on any atom is -0.497 e. The first kappa shape index (κ1) is 15.3. The monoisotopic (exact) mass is 266 g/mol. The zero-order chi connectivity index (χ0) is 14.1. The standard InChI is InChI=1S/C14H22N2O3/c1-11(10-17)5-4-8-15-14(18)16-12-6-3-7-13(9-12)19-2/h3,6-7,9,11,17H,4-5,8,10H2,1-2H3,(H2,15,16,18). The molecule has 0 radical (unpaired) electrons. The highest BCUT2D eigenvalue weighted by Crippen LogP contribution is 2.16. The van der Waals surface area contributed by atoms with E-state index >= 15 is 0 Å². The van der Waals surface area contributed by atoms with Gasteiger partial charge >= 0.3 is 6.03 Å². The van der Waals surface area contributed by atoms with E-state index < -0.39 is 0 Å². The van der Waals surface area contributed by atoms with Gasteiger partial charge in [0.05, 0.1) is 7.11 Å². The highest BCUT2D eigenvalue weighted by Gasteiger charge is 2.03. The lowest BCUT2D eigenvalue weighted by molar-refractivity contribution is 0.227. The molecule has 0 bridgehead atoms. The highest BCUT2D eigenvalue weighted by molar-refractivity contribution is 5.89. The number of ether oxygens (including phenoxy) is 1. The van der Waals surface area contributed by atoms with Crippen molar-refractivity contribution in [2.45, 2.75) is 19.8 Å². The molecule has 1 rings (SSSR count). The molecular formula is C14H22N2O3. The summed E-state index contributed by atoms with van der Waals surface area (Å²) in [5.41, 5.74) is 0.695. The van der Waals surface area contributed by atoms with Crippen molar-refractivity contribution < 1.29 is 14.6 Å². The molecule has 1 aromatic carbocycles.